The summed E-state index contributed by atoms with van der Waals surface area (Å²) in [7, 11) is 0. The number of benzene rings is 2. The van der Waals surface area contributed by atoms with E-state index in [1.165, 1.54) is 18.2 Å². The van der Waals surface area contributed by atoms with Crippen LogP contribution in [0.1, 0.15) is 15.9 Å². The fourth-order valence-corrected chi connectivity index (χ4v) is 2.08. The van der Waals surface area contributed by atoms with Crippen molar-refractivity contribution in [3.8, 4) is 0 Å². The second-order valence-corrected chi connectivity index (χ2v) is 4.47. The van der Waals surface area contributed by atoms with Crippen molar-refractivity contribution in [3.63, 3.8) is 0 Å². The zero-order chi connectivity index (χ0) is 13.1. The van der Waals surface area contributed by atoms with Crippen molar-refractivity contribution in [2.45, 2.75) is 0 Å². The van der Waals surface area contributed by atoms with Crippen LogP contribution in [0.25, 0.3) is 0 Å². The maximum atomic E-state index is 12.1. The number of ketones is 1. The minimum atomic E-state index is -0.499. The Hall–Kier alpha value is -2.01. The van der Waals surface area contributed by atoms with E-state index in [-0.39, 0.29) is 11.5 Å². The molecular formula is C13H8BrNO3. The van der Waals surface area contributed by atoms with Gasteiger partial charge in [0.2, 0.25) is 0 Å². The summed E-state index contributed by atoms with van der Waals surface area (Å²) in [6, 6.07) is 13.0. The third-order valence-corrected chi connectivity index (χ3v) is 3.08. The van der Waals surface area contributed by atoms with Gasteiger partial charge in [0, 0.05) is 17.2 Å². The molecule has 2 rings (SSSR count). The van der Waals surface area contributed by atoms with Crippen molar-refractivity contribution < 1.29 is 9.72 Å². The molecule has 0 radical (unpaired) electrons. The van der Waals surface area contributed by atoms with Crippen molar-refractivity contribution in [3.05, 3.63) is 74.2 Å². The number of nitrogens with zero attached hydrogens (tertiary/aromatic N) is 1. The van der Waals surface area contributed by atoms with Crippen LogP contribution in [0, 0.1) is 10.1 Å². The van der Waals surface area contributed by atoms with E-state index >= 15 is 0 Å². The average molecular weight is 306 g/mol. The largest absolute Gasteiger partial charge is 0.289 e. The quantitative estimate of drug-likeness (QED) is 0.494. The van der Waals surface area contributed by atoms with E-state index < -0.39 is 4.92 Å². The molecule has 2 aromatic carbocycles. The van der Waals surface area contributed by atoms with Gasteiger partial charge in [-0.15, -0.1) is 0 Å². The molecule has 0 unspecified atom stereocenters. The first-order valence-corrected chi connectivity index (χ1v) is 5.92. The van der Waals surface area contributed by atoms with Crippen LogP contribution >= 0.6 is 15.9 Å². The SMILES string of the molecule is O=C(c1ccccc1)c1ccc([N+](=O)[O-])c(Br)c1. The normalized spacial score (nSPS) is 10.1. The number of nitro benzene ring substituents is 1. The lowest BCUT2D eigenvalue weighted by Gasteiger charge is -2.02. The number of nitro groups is 1. The second kappa shape index (κ2) is 5.10. The van der Waals surface area contributed by atoms with Crippen LogP contribution in [-0.4, -0.2) is 10.7 Å². The van der Waals surface area contributed by atoms with Crippen molar-refractivity contribution >= 4 is 27.4 Å². The van der Waals surface area contributed by atoms with Crippen LogP contribution in [0.4, 0.5) is 5.69 Å². The highest BCUT2D eigenvalue weighted by Crippen LogP contribution is 2.26. The van der Waals surface area contributed by atoms with Gasteiger partial charge in [-0.3, -0.25) is 14.9 Å². The lowest BCUT2D eigenvalue weighted by molar-refractivity contribution is -0.385. The lowest BCUT2D eigenvalue weighted by atomic mass is 10.0. The summed E-state index contributed by atoms with van der Waals surface area (Å²) in [4.78, 5) is 22.3. The Kier molecular flexibility index (Phi) is 3.53. The average Bonchev–Trinajstić information content (AvgIpc) is 2.38. The molecule has 0 spiro atoms. The van der Waals surface area contributed by atoms with Crippen molar-refractivity contribution in [1.82, 2.24) is 0 Å². The van der Waals surface area contributed by atoms with E-state index in [4.69, 9.17) is 0 Å². The molecule has 0 saturated heterocycles. The molecule has 0 saturated carbocycles. The molecule has 2 aromatic rings. The molecule has 0 atom stereocenters. The fourth-order valence-electron chi connectivity index (χ4n) is 1.55. The number of halogens is 1. The number of hydrogen-bond donors (Lipinski definition) is 0. The van der Waals surface area contributed by atoms with E-state index in [9.17, 15) is 14.9 Å². The third kappa shape index (κ3) is 2.46. The highest BCUT2D eigenvalue weighted by Gasteiger charge is 2.15. The van der Waals surface area contributed by atoms with Crippen LogP contribution in [0.5, 0.6) is 0 Å². The Morgan fingerprint density at radius 1 is 1.06 bits per heavy atom. The zero-order valence-corrected chi connectivity index (χ0v) is 10.8. The van der Waals surface area contributed by atoms with Crippen LogP contribution < -0.4 is 0 Å². The van der Waals surface area contributed by atoms with Crippen LogP contribution in [0.2, 0.25) is 0 Å². The summed E-state index contributed by atoms with van der Waals surface area (Å²) in [6.45, 7) is 0. The molecule has 0 N–H and O–H groups in total. The summed E-state index contributed by atoms with van der Waals surface area (Å²) in [5, 5.41) is 10.7. The van der Waals surface area contributed by atoms with Gasteiger partial charge in [0.15, 0.2) is 5.78 Å². The molecule has 0 aromatic heterocycles. The third-order valence-electron chi connectivity index (χ3n) is 2.44. The zero-order valence-electron chi connectivity index (χ0n) is 9.17. The van der Waals surface area contributed by atoms with E-state index in [0.29, 0.717) is 15.6 Å². The molecule has 5 heteroatoms. The minimum Gasteiger partial charge on any atom is -0.289 e. The fraction of sp³-hybridized carbons (Fsp3) is 0. The van der Waals surface area contributed by atoms with Gasteiger partial charge in [-0.05, 0) is 28.1 Å². The van der Waals surface area contributed by atoms with Gasteiger partial charge in [0.1, 0.15) is 0 Å². The molecule has 0 aliphatic heterocycles. The van der Waals surface area contributed by atoms with E-state index in [2.05, 4.69) is 15.9 Å². The van der Waals surface area contributed by atoms with Crippen molar-refractivity contribution in [1.29, 1.82) is 0 Å². The Morgan fingerprint density at radius 2 is 1.72 bits per heavy atom. The Labute approximate surface area is 112 Å². The molecule has 0 bridgehead atoms. The summed E-state index contributed by atoms with van der Waals surface area (Å²) in [6.07, 6.45) is 0. The number of carbonyl (C=O) groups is 1. The van der Waals surface area contributed by atoms with Crippen LogP contribution in [-0.2, 0) is 0 Å². The predicted octanol–water partition coefficient (Wildman–Crippen LogP) is 3.59. The van der Waals surface area contributed by atoms with Gasteiger partial charge in [-0.2, -0.15) is 0 Å². The Morgan fingerprint density at radius 3 is 2.28 bits per heavy atom. The highest BCUT2D eigenvalue weighted by atomic mass is 79.9. The maximum Gasteiger partial charge on any atom is 0.283 e. The van der Waals surface area contributed by atoms with Gasteiger partial charge in [-0.25, -0.2) is 0 Å². The van der Waals surface area contributed by atoms with E-state index in [1.54, 1.807) is 24.3 Å². The predicted molar refractivity (Wildman–Crippen MR) is 70.7 cm³/mol. The van der Waals surface area contributed by atoms with Gasteiger partial charge in [-0.1, -0.05) is 30.3 Å². The summed E-state index contributed by atoms with van der Waals surface area (Å²) in [5.74, 6) is -0.161. The first kappa shape index (κ1) is 12.4. The molecule has 0 aliphatic carbocycles. The standard InChI is InChI=1S/C13H8BrNO3/c14-11-8-10(6-7-12(11)15(17)18)13(16)9-4-2-1-3-5-9/h1-8H. The Balaban J connectivity index is 2.39. The lowest BCUT2D eigenvalue weighted by Crippen LogP contribution is -2.01. The summed E-state index contributed by atoms with van der Waals surface area (Å²) in [5.41, 5.74) is 0.913. The molecule has 0 amide bonds. The smallest absolute Gasteiger partial charge is 0.283 e. The topological polar surface area (TPSA) is 60.2 Å². The second-order valence-electron chi connectivity index (χ2n) is 3.62. The Bertz CT molecular complexity index is 611. The monoisotopic (exact) mass is 305 g/mol. The number of carbonyl (C=O) groups excluding carboxylic acids is 1. The number of hydrogen-bond acceptors (Lipinski definition) is 3. The van der Waals surface area contributed by atoms with Crippen molar-refractivity contribution in [2.75, 3.05) is 0 Å². The summed E-state index contributed by atoms with van der Waals surface area (Å²) < 4.78 is 0.300. The first-order valence-electron chi connectivity index (χ1n) is 5.13. The first-order chi connectivity index (χ1) is 8.59. The van der Waals surface area contributed by atoms with Gasteiger partial charge >= 0.3 is 0 Å². The van der Waals surface area contributed by atoms with Crippen molar-refractivity contribution in [2.24, 2.45) is 0 Å². The van der Waals surface area contributed by atoms with Crippen LogP contribution in [0.15, 0.2) is 53.0 Å². The molecule has 0 aliphatic rings. The van der Waals surface area contributed by atoms with Crippen LogP contribution in [0.3, 0.4) is 0 Å². The highest BCUT2D eigenvalue weighted by molar-refractivity contribution is 9.10. The van der Waals surface area contributed by atoms with E-state index in [0.717, 1.165) is 0 Å². The van der Waals surface area contributed by atoms with Gasteiger partial charge < -0.3 is 0 Å². The van der Waals surface area contributed by atoms with Gasteiger partial charge in [0.05, 0.1) is 9.40 Å². The van der Waals surface area contributed by atoms with Gasteiger partial charge in [0.25, 0.3) is 5.69 Å². The minimum absolute atomic E-state index is 0.0559. The molecule has 18 heavy (non-hydrogen) atoms. The molecular weight excluding hydrogens is 298 g/mol. The molecule has 0 heterocycles. The molecule has 0 fully saturated rings. The maximum absolute atomic E-state index is 12.1. The van der Waals surface area contributed by atoms with E-state index in [1.807, 2.05) is 6.07 Å². The molecule has 90 valence electrons. The molecule has 4 nitrogen and oxygen atoms in total. The number of rotatable bonds is 3. The summed E-state index contributed by atoms with van der Waals surface area (Å²) >= 11 is 3.09.